The molecule has 4 heteroatoms. The summed E-state index contributed by atoms with van der Waals surface area (Å²) in [5.74, 6) is -0.664. The molecule has 0 aromatic carbocycles. The van der Waals surface area contributed by atoms with E-state index in [2.05, 4.69) is 19.1 Å². The van der Waals surface area contributed by atoms with Gasteiger partial charge in [0.2, 0.25) is 0 Å². The maximum absolute atomic E-state index is 11.9. The molecule has 0 saturated carbocycles. The van der Waals surface area contributed by atoms with E-state index < -0.39 is 5.97 Å². The number of allylic oxidation sites excluding steroid dienone is 2. The largest absolute Gasteiger partial charge is 0.481 e. The average molecular weight is 593 g/mol. The van der Waals surface area contributed by atoms with Crippen LogP contribution in [0.5, 0.6) is 0 Å². The molecular formula is C38H72O4. The molecule has 0 heterocycles. The van der Waals surface area contributed by atoms with Gasteiger partial charge in [0, 0.05) is 12.8 Å². The minimum atomic E-state index is -0.665. The first-order valence-corrected chi connectivity index (χ1v) is 18.7. The fourth-order valence-corrected chi connectivity index (χ4v) is 5.63. The van der Waals surface area contributed by atoms with Gasteiger partial charge < -0.3 is 9.84 Å². The maximum atomic E-state index is 11.9. The van der Waals surface area contributed by atoms with E-state index in [-0.39, 0.29) is 5.97 Å². The van der Waals surface area contributed by atoms with Gasteiger partial charge in [-0.1, -0.05) is 167 Å². The quantitative estimate of drug-likeness (QED) is 0.0451. The summed E-state index contributed by atoms with van der Waals surface area (Å²) in [5, 5.41) is 8.63. The number of hydrogen-bond acceptors (Lipinski definition) is 3. The monoisotopic (exact) mass is 593 g/mol. The molecule has 0 aliphatic carbocycles. The van der Waals surface area contributed by atoms with Gasteiger partial charge in [-0.25, -0.2) is 0 Å². The molecule has 248 valence electrons. The highest BCUT2D eigenvalue weighted by atomic mass is 16.5. The SMILES string of the molecule is CCCCCCCC/C=C\CCCCCCCCOC(=O)CCCCCCCCCCCCCCCCCCC(=O)O. The van der Waals surface area contributed by atoms with E-state index in [9.17, 15) is 9.59 Å². The summed E-state index contributed by atoms with van der Waals surface area (Å²) in [4.78, 5) is 22.4. The zero-order chi connectivity index (χ0) is 30.6. The Bertz CT molecular complexity index is 586. The van der Waals surface area contributed by atoms with Gasteiger partial charge in [0.05, 0.1) is 6.61 Å². The third-order valence-electron chi connectivity index (χ3n) is 8.44. The first kappa shape index (κ1) is 40.7. The smallest absolute Gasteiger partial charge is 0.305 e. The highest BCUT2D eigenvalue weighted by Crippen LogP contribution is 2.15. The molecule has 0 aliphatic heterocycles. The Balaban J connectivity index is 3.19. The fourth-order valence-electron chi connectivity index (χ4n) is 5.63. The van der Waals surface area contributed by atoms with Crippen LogP contribution in [0, 0.1) is 0 Å². The van der Waals surface area contributed by atoms with Gasteiger partial charge in [-0.15, -0.1) is 0 Å². The van der Waals surface area contributed by atoms with Crippen molar-refractivity contribution < 1.29 is 19.4 Å². The normalized spacial score (nSPS) is 11.5. The summed E-state index contributed by atoms with van der Waals surface area (Å²) in [7, 11) is 0. The van der Waals surface area contributed by atoms with Gasteiger partial charge in [0.15, 0.2) is 0 Å². The second kappa shape index (κ2) is 35.9. The molecular weight excluding hydrogens is 520 g/mol. The average Bonchev–Trinajstić information content (AvgIpc) is 2.98. The number of ether oxygens (including phenoxy) is 1. The van der Waals surface area contributed by atoms with Crippen molar-refractivity contribution in [3.05, 3.63) is 12.2 Å². The first-order chi connectivity index (χ1) is 20.7. The van der Waals surface area contributed by atoms with Crippen molar-refractivity contribution in [3.8, 4) is 0 Å². The van der Waals surface area contributed by atoms with Gasteiger partial charge in [-0.3, -0.25) is 9.59 Å². The minimum absolute atomic E-state index is 0.000863. The van der Waals surface area contributed by atoms with Crippen LogP contribution in [-0.2, 0) is 14.3 Å². The molecule has 0 fully saturated rings. The molecule has 0 aliphatic rings. The van der Waals surface area contributed by atoms with Gasteiger partial charge in [0.25, 0.3) is 0 Å². The molecule has 0 aromatic heterocycles. The molecule has 0 spiro atoms. The van der Waals surface area contributed by atoms with Crippen LogP contribution in [0.25, 0.3) is 0 Å². The summed E-state index contributed by atoms with van der Waals surface area (Å²) < 4.78 is 5.43. The lowest BCUT2D eigenvalue weighted by atomic mass is 10.0. The van der Waals surface area contributed by atoms with E-state index in [0.29, 0.717) is 19.4 Å². The lowest BCUT2D eigenvalue weighted by Gasteiger charge is -2.05. The first-order valence-electron chi connectivity index (χ1n) is 18.7. The Morgan fingerprint density at radius 3 is 1.19 bits per heavy atom. The van der Waals surface area contributed by atoms with Crippen molar-refractivity contribution in [1.82, 2.24) is 0 Å². The lowest BCUT2D eigenvalue weighted by molar-refractivity contribution is -0.144. The number of unbranched alkanes of at least 4 members (excludes halogenated alkanes) is 27. The molecule has 0 atom stereocenters. The predicted molar refractivity (Wildman–Crippen MR) is 181 cm³/mol. The van der Waals surface area contributed by atoms with Crippen LogP contribution in [0.15, 0.2) is 12.2 Å². The summed E-state index contributed by atoms with van der Waals surface area (Å²) in [6, 6.07) is 0. The number of aliphatic carboxylic acids is 1. The van der Waals surface area contributed by atoms with E-state index in [0.717, 1.165) is 32.1 Å². The highest BCUT2D eigenvalue weighted by Gasteiger charge is 2.03. The third-order valence-corrected chi connectivity index (χ3v) is 8.44. The van der Waals surface area contributed by atoms with E-state index in [1.807, 2.05) is 0 Å². The predicted octanol–water partition coefficient (Wildman–Crippen LogP) is 12.7. The summed E-state index contributed by atoms with van der Waals surface area (Å²) in [6.07, 6.45) is 43.6. The van der Waals surface area contributed by atoms with Gasteiger partial charge in [-0.2, -0.15) is 0 Å². The number of rotatable bonds is 35. The van der Waals surface area contributed by atoms with Crippen LogP contribution < -0.4 is 0 Å². The lowest BCUT2D eigenvalue weighted by Crippen LogP contribution is -2.05. The van der Waals surface area contributed by atoms with E-state index in [1.165, 1.54) is 161 Å². The molecule has 0 rings (SSSR count). The second-order valence-electron chi connectivity index (χ2n) is 12.7. The van der Waals surface area contributed by atoms with Crippen LogP contribution >= 0.6 is 0 Å². The Hall–Kier alpha value is -1.32. The van der Waals surface area contributed by atoms with Crippen molar-refractivity contribution >= 4 is 11.9 Å². The van der Waals surface area contributed by atoms with Gasteiger partial charge >= 0.3 is 11.9 Å². The molecule has 0 aromatic rings. The van der Waals surface area contributed by atoms with Crippen molar-refractivity contribution in [1.29, 1.82) is 0 Å². The van der Waals surface area contributed by atoms with Crippen molar-refractivity contribution in [3.63, 3.8) is 0 Å². The number of carboxylic acid groups (broad SMARTS) is 1. The summed E-state index contributed by atoms with van der Waals surface area (Å²) in [6.45, 7) is 2.88. The second-order valence-corrected chi connectivity index (χ2v) is 12.7. The van der Waals surface area contributed by atoms with Crippen molar-refractivity contribution in [2.75, 3.05) is 6.61 Å². The number of carboxylic acids is 1. The molecule has 0 unspecified atom stereocenters. The number of carbonyl (C=O) groups is 2. The Morgan fingerprint density at radius 2 is 0.786 bits per heavy atom. The number of esters is 1. The van der Waals surface area contributed by atoms with Crippen LogP contribution in [0.1, 0.15) is 212 Å². The molecule has 4 nitrogen and oxygen atoms in total. The number of carbonyl (C=O) groups excluding carboxylic acids is 1. The van der Waals surface area contributed by atoms with E-state index in [1.54, 1.807) is 0 Å². The minimum Gasteiger partial charge on any atom is -0.481 e. The van der Waals surface area contributed by atoms with Crippen molar-refractivity contribution in [2.45, 2.75) is 212 Å². The topological polar surface area (TPSA) is 63.6 Å². The van der Waals surface area contributed by atoms with Gasteiger partial charge in [0.1, 0.15) is 0 Å². The maximum Gasteiger partial charge on any atom is 0.305 e. The van der Waals surface area contributed by atoms with Crippen LogP contribution in [0.2, 0.25) is 0 Å². The zero-order valence-electron chi connectivity index (χ0n) is 28.2. The highest BCUT2D eigenvalue weighted by molar-refractivity contribution is 5.69. The molecule has 0 amide bonds. The summed E-state index contributed by atoms with van der Waals surface area (Å²) >= 11 is 0. The molecule has 42 heavy (non-hydrogen) atoms. The molecule has 1 N–H and O–H groups in total. The fraction of sp³-hybridized carbons (Fsp3) is 0.895. The Labute approximate surface area is 262 Å². The standard InChI is InChI=1S/C38H72O4/c1-2-3-4-5-6-7-8-9-10-15-18-21-24-27-30-33-36-42-38(41)35-32-29-26-23-20-17-14-12-11-13-16-19-22-25-28-31-34-37(39)40/h9-10H,2-8,11-36H2,1H3,(H,39,40)/b10-9-. The Kier molecular flexibility index (Phi) is 34.7. The number of hydrogen-bond donors (Lipinski definition) is 1. The molecule has 0 radical (unpaired) electrons. The molecule has 0 bridgehead atoms. The van der Waals surface area contributed by atoms with Gasteiger partial charge in [-0.05, 0) is 44.9 Å². The van der Waals surface area contributed by atoms with Crippen LogP contribution in [0.4, 0.5) is 0 Å². The van der Waals surface area contributed by atoms with Crippen LogP contribution in [-0.4, -0.2) is 23.7 Å². The van der Waals surface area contributed by atoms with E-state index in [4.69, 9.17) is 9.84 Å². The summed E-state index contributed by atoms with van der Waals surface area (Å²) in [5.41, 5.74) is 0. The Morgan fingerprint density at radius 1 is 0.452 bits per heavy atom. The molecule has 0 saturated heterocycles. The van der Waals surface area contributed by atoms with Crippen LogP contribution in [0.3, 0.4) is 0 Å². The zero-order valence-corrected chi connectivity index (χ0v) is 28.2. The van der Waals surface area contributed by atoms with E-state index >= 15 is 0 Å². The van der Waals surface area contributed by atoms with Crippen molar-refractivity contribution in [2.24, 2.45) is 0 Å². The third kappa shape index (κ3) is 36.7.